The molecule has 0 heterocycles. The Bertz CT molecular complexity index is 563. The molecule has 1 aromatic carbocycles. The Morgan fingerprint density at radius 3 is 2.78 bits per heavy atom. The second-order valence-corrected chi connectivity index (χ2v) is 5.79. The van der Waals surface area contributed by atoms with Gasteiger partial charge in [0, 0.05) is 17.8 Å². The van der Waals surface area contributed by atoms with Crippen LogP contribution in [0.25, 0.3) is 0 Å². The maximum absolute atomic E-state index is 11.6. The van der Waals surface area contributed by atoms with E-state index >= 15 is 0 Å². The van der Waals surface area contributed by atoms with E-state index in [0.717, 1.165) is 0 Å². The lowest BCUT2D eigenvalue weighted by Gasteiger charge is -2.11. The summed E-state index contributed by atoms with van der Waals surface area (Å²) < 4.78 is 30.7. The lowest BCUT2D eigenvalue weighted by Crippen LogP contribution is -2.31. The summed E-state index contributed by atoms with van der Waals surface area (Å²) >= 11 is 0. The summed E-state index contributed by atoms with van der Waals surface area (Å²) in [5.74, 6) is 0.538. The molecule has 0 fully saturated rings. The van der Waals surface area contributed by atoms with Gasteiger partial charge in [0.05, 0.1) is 13.2 Å². The van der Waals surface area contributed by atoms with E-state index in [4.69, 9.17) is 15.7 Å². The minimum Gasteiger partial charge on any atom is -0.496 e. The minimum atomic E-state index is -3.65. The molecule has 7 heteroatoms. The second-order valence-electron chi connectivity index (χ2n) is 3.71. The monoisotopic (exact) mass is 269 g/mol. The standard InChI is InChI=1S/C11H15N3O3S/c1-8(6-12)18(15,16)14-7-9-5-10(13)3-4-11(9)17-2/h3-5,8,14H,7,13H2,1-2H3. The van der Waals surface area contributed by atoms with E-state index in [-0.39, 0.29) is 6.54 Å². The van der Waals surface area contributed by atoms with Crippen molar-refractivity contribution in [3.63, 3.8) is 0 Å². The number of nitrogens with two attached hydrogens (primary N) is 1. The molecule has 18 heavy (non-hydrogen) atoms. The summed E-state index contributed by atoms with van der Waals surface area (Å²) in [6.45, 7) is 1.35. The first-order valence-corrected chi connectivity index (χ1v) is 6.76. The topological polar surface area (TPSA) is 105 Å². The third-order valence-electron chi connectivity index (χ3n) is 2.42. The second kappa shape index (κ2) is 5.71. The van der Waals surface area contributed by atoms with E-state index in [0.29, 0.717) is 17.0 Å². The molecule has 0 aliphatic rings. The quantitative estimate of drug-likeness (QED) is 0.762. The van der Waals surface area contributed by atoms with Gasteiger partial charge in [0.1, 0.15) is 5.75 Å². The molecule has 0 spiro atoms. The summed E-state index contributed by atoms with van der Waals surface area (Å²) in [6, 6.07) is 6.62. The number of rotatable bonds is 5. The van der Waals surface area contributed by atoms with Crippen molar-refractivity contribution >= 4 is 15.7 Å². The zero-order chi connectivity index (χ0) is 13.8. The van der Waals surface area contributed by atoms with Crippen molar-refractivity contribution in [3.05, 3.63) is 23.8 Å². The summed E-state index contributed by atoms with van der Waals surface area (Å²) in [7, 11) is -2.17. The first kappa shape index (κ1) is 14.3. The van der Waals surface area contributed by atoms with Gasteiger partial charge in [-0.15, -0.1) is 0 Å². The van der Waals surface area contributed by atoms with E-state index in [2.05, 4.69) is 4.72 Å². The van der Waals surface area contributed by atoms with E-state index in [9.17, 15) is 8.42 Å². The normalized spacial score (nSPS) is 12.7. The number of ether oxygens (including phenoxy) is 1. The maximum Gasteiger partial charge on any atom is 0.227 e. The Balaban J connectivity index is 2.87. The molecule has 1 rings (SSSR count). The van der Waals surface area contributed by atoms with Gasteiger partial charge in [-0.25, -0.2) is 13.1 Å². The number of sulfonamides is 1. The van der Waals surface area contributed by atoms with Crippen LogP contribution in [0.15, 0.2) is 18.2 Å². The van der Waals surface area contributed by atoms with Gasteiger partial charge in [-0.2, -0.15) is 5.26 Å². The van der Waals surface area contributed by atoms with Crippen LogP contribution in [0.5, 0.6) is 5.75 Å². The van der Waals surface area contributed by atoms with Crippen molar-refractivity contribution in [2.45, 2.75) is 18.7 Å². The fourth-order valence-electron chi connectivity index (χ4n) is 1.31. The maximum atomic E-state index is 11.6. The molecule has 3 N–H and O–H groups in total. The lowest BCUT2D eigenvalue weighted by atomic mass is 10.2. The highest BCUT2D eigenvalue weighted by molar-refractivity contribution is 7.90. The van der Waals surface area contributed by atoms with Crippen molar-refractivity contribution < 1.29 is 13.2 Å². The Kier molecular flexibility index (Phi) is 4.53. The first-order valence-electron chi connectivity index (χ1n) is 5.21. The van der Waals surface area contributed by atoms with E-state index in [1.165, 1.54) is 14.0 Å². The average molecular weight is 269 g/mol. The zero-order valence-electron chi connectivity index (χ0n) is 10.2. The van der Waals surface area contributed by atoms with Crippen molar-refractivity contribution in [3.8, 4) is 11.8 Å². The average Bonchev–Trinajstić information content (AvgIpc) is 2.35. The van der Waals surface area contributed by atoms with Crippen LogP contribution < -0.4 is 15.2 Å². The number of hydrogen-bond acceptors (Lipinski definition) is 5. The molecule has 98 valence electrons. The van der Waals surface area contributed by atoms with E-state index in [1.807, 2.05) is 0 Å². The molecule has 6 nitrogen and oxygen atoms in total. The van der Waals surface area contributed by atoms with Gasteiger partial charge in [-0.3, -0.25) is 0 Å². The highest BCUT2D eigenvalue weighted by Crippen LogP contribution is 2.21. The van der Waals surface area contributed by atoms with Crippen molar-refractivity contribution in [1.29, 1.82) is 5.26 Å². The van der Waals surface area contributed by atoms with Crippen LogP contribution in [0.2, 0.25) is 0 Å². The highest BCUT2D eigenvalue weighted by Gasteiger charge is 2.20. The van der Waals surface area contributed by atoms with Gasteiger partial charge in [-0.05, 0) is 25.1 Å². The Hall–Kier alpha value is -1.78. The molecule has 1 aromatic rings. The molecule has 0 aliphatic heterocycles. The molecule has 1 atom stereocenters. The largest absolute Gasteiger partial charge is 0.496 e. The van der Waals surface area contributed by atoms with Crippen LogP contribution in [0.1, 0.15) is 12.5 Å². The van der Waals surface area contributed by atoms with Gasteiger partial charge >= 0.3 is 0 Å². The molecule has 0 amide bonds. The number of nitrogens with zero attached hydrogens (tertiary/aromatic N) is 1. The van der Waals surface area contributed by atoms with Crippen LogP contribution in [-0.4, -0.2) is 20.8 Å². The molecule has 0 saturated carbocycles. The van der Waals surface area contributed by atoms with E-state index < -0.39 is 15.3 Å². The molecular formula is C11H15N3O3S. The predicted octanol–water partition coefficient (Wildman–Crippen LogP) is 0.609. The van der Waals surface area contributed by atoms with Crippen LogP contribution in [-0.2, 0) is 16.6 Å². The van der Waals surface area contributed by atoms with Crippen molar-refractivity contribution in [1.82, 2.24) is 4.72 Å². The SMILES string of the molecule is COc1ccc(N)cc1CNS(=O)(=O)C(C)C#N. The van der Waals surface area contributed by atoms with Gasteiger partial charge in [-0.1, -0.05) is 0 Å². The van der Waals surface area contributed by atoms with Crippen LogP contribution in [0.3, 0.4) is 0 Å². The fourth-order valence-corrected chi connectivity index (χ4v) is 2.05. The first-order chi connectivity index (χ1) is 8.40. The molecule has 0 radical (unpaired) electrons. The number of nitriles is 1. The molecule has 1 unspecified atom stereocenters. The minimum absolute atomic E-state index is 0.0303. The van der Waals surface area contributed by atoms with Gasteiger partial charge in [0.2, 0.25) is 10.0 Å². The van der Waals surface area contributed by atoms with Gasteiger partial charge in [0.15, 0.2) is 5.25 Å². The summed E-state index contributed by atoms with van der Waals surface area (Å²) in [5, 5.41) is 7.49. The van der Waals surface area contributed by atoms with Gasteiger partial charge in [0.25, 0.3) is 0 Å². The molecule has 0 bridgehead atoms. The number of nitrogens with one attached hydrogen (secondary N) is 1. The Morgan fingerprint density at radius 2 is 2.22 bits per heavy atom. The predicted molar refractivity (Wildman–Crippen MR) is 68.2 cm³/mol. The lowest BCUT2D eigenvalue weighted by molar-refractivity contribution is 0.409. The van der Waals surface area contributed by atoms with Crippen molar-refractivity contribution in [2.75, 3.05) is 12.8 Å². The number of anilines is 1. The molecule has 0 aliphatic carbocycles. The molecular weight excluding hydrogens is 254 g/mol. The molecule has 0 aromatic heterocycles. The Morgan fingerprint density at radius 1 is 1.56 bits per heavy atom. The number of methoxy groups -OCH3 is 1. The van der Waals surface area contributed by atoms with Crippen LogP contribution >= 0.6 is 0 Å². The van der Waals surface area contributed by atoms with E-state index in [1.54, 1.807) is 24.3 Å². The van der Waals surface area contributed by atoms with Crippen LogP contribution in [0, 0.1) is 11.3 Å². The summed E-state index contributed by atoms with van der Waals surface area (Å²) in [5.41, 5.74) is 6.75. The van der Waals surface area contributed by atoms with Crippen LogP contribution in [0.4, 0.5) is 5.69 Å². The summed E-state index contributed by atoms with van der Waals surface area (Å²) in [4.78, 5) is 0. The fraction of sp³-hybridized carbons (Fsp3) is 0.364. The Labute approximate surface area is 106 Å². The number of nitrogen functional groups attached to an aromatic ring is 1. The third-order valence-corrected chi connectivity index (χ3v) is 4.00. The zero-order valence-corrected chi connectivity index (χ0v) is 11.0. The number of hydrogen-bond donors (Lipinski definition) is 2. The van der Waals surface area contributed by atoms with Gasteiger partial charge < -0.3 is 10.5 Å². The highest BCUT2D eigenvalue weighted by atomic mass is 32.2. The van der Waals surface area contributed by atoms with Crippen molar-refractivity contribution in [2.24, 2.45) is 0 Å². The summed E-state index contributed by atoms with van der Waals surface area (Å²) in [6.07, 6.45) is 0. The number of benzene rings is 1. The molecule has 0 saturated heterocycles. The smallest absolute Gasteiger partial charge is 0.227 e. The third kappa shape index (κ3) is 3.35.